The van der Waals surface area contributed by atoms with Gasteiger partial charge < -0.3 is 16.4 Å². The molecule has 0 radical (unpaired) electrons. The maximum absolute atomic E-state index is 13.4. The number of nitrogens with two attached hydrogens (primary N) is 1. The van der Waals surface area contributed by atoms with E-state index in [-0.39, 0.29) is 11.8 Å². The molecule has 6 heteroatoms. The summed E-state index contributed by atoms with van der Waals surface area (Å²) in [6, 6.07) is 6.51. The predicted molar refractivity (Wildman–Crippen MR) is 70.4 cm³/mol. The molecule has 0 atom stereocenters. The number of hydrogen-bond donors (Lipinski definition) is 3. The monoisotopic (exact) mass is 247 g/mol. The lowest BCUT2D eigenvalue weighted by molar-refractivity contribution is 0.619. The van der Waals surface area contributed by atoms with Crippen LogP contribution in [0.4, 0.5) is 27.7 Å². The Morgan fingerprint density at radius 2 is 1.94 bits per heavy atom. The zero-order valence-electron chi connectivity index (χ0n) is 10.2. The summed E-state index contributed by atoms with van der Waals surface area (Å²) in [5.41, 5.74) is 6.76. The molecule has 0 aliphatic carbocycles. The Hall–Kier alpha value is -2.37. The normalized spacial score (nSPS) is 10.2. The van der Waals surface area contributed by atoms with Crippen molar-refractivity contribution in [1.29, 1.82) is 0 Å². The molecule has 94 valence electrons. The van der Waals surface area contributed by atoms with E-state index in [1.807, 2.05) is 0 Å². The Balaban J connectivity index is 2.34. The van der Waals surface area contributed by atoms with Gasteiger partial charge in [-0.15, -0.1) is 0 Å². The molecule has 0 saturated carbocycles. The number of halogens is 1. The van der Waals surface area contributed by atoms with E-state index in [1.165, 1.54) is 6.07 Å². The standard InChI is InChI=1S/C12H14FN5/c1-7-8(13)4-3-5-9(7)16-11-6-10(15-2)17-12(14)18-11/h3-6H,1-2H3,(H4,14,15,16,17,18). The van der Waals surface area contributed by atoms with E-state index < -0.39 is 0 Å². The predicted octanol–water partition coefficient (Wildman–Crippen LogP) is 2.29. The summed E-state index contributed by atoms with van der Waals surface area (Å²) in [5.74, 6) is 0.994. The van der Waals surface area contributed by atoms with Crippen LogP contribution in [0.5, 0.6) is 0 Å². The number of hydrogen-bond acceptors (Lipinski definition) is 5. The van der Waals surface area contributed by atoms with E-state index in [4.69, 9.17) is 5.73 Å². The van der Waals surface area contributed by atoms with Gasteiger partial charge in [-0.05, 0) is 19.1 Å². The fourth-order valence-electron chi connectivity index (χ4n) is 1.54. The molecule has 0 bridgehead atoms. The summed E-state index contributed by atoms with van der Waals surface area (Å²) >= 11 is 0. The van der Waals surface area contributed by atoms with Gasteiger partial charge in [-0.1, -0.05) is 6.07 Å². The van der Waals surface area contributed by atoms with Crippen molar-refractivity contribution in [3.63, 3.8) is 0 Å². The van der Waals surface area contributed by atoms with Crippen LogP contribution in [0, 0.1) is 12.7 Å². The fourth-order valence-corrected chi connectivity index (χ4v) is 1.54. The number of anilines is 4. The minimum atomic E-state index is -0.268. The van der Waals surface area contributed by atoms with Crippen LogP contribution < -0.4 is 16.4 Å². The fraction of sp³-hybridized carbons (Fsp3) is 0.167. The van der Waals surface area contributed by atoms with Gasteiger partial charge >= 0.3 is 0 Å². The van der Waals surface area contributed by atoms with E-state index in [1.54, 1.807) is 32.2 Å². The van der Waals surface area contributed by atoms with E-state index in [0.717, 1.165) is 0 Å². The van der Waals surface area contributed by atoms with Crippen LogP contribution in [-0.2, 0) is 0 Å². The highest BCUT2D eigenvalue weighted by Crippen LogP contribution is 2.22. The third-order valence-corrected chi connectivity index (χ3v) is 2.53. The molecule has 1 heterocycles. The third kappa shape index (κ3) is 2.48. The Morgan fingerprint density at radius 3 is 2.67 bits per heavy atom. The molecule has 2 aromatic rings. The van der Waals surface area contributed by atoms with Gasteiger partial charge in [-0.2, -0.15) is 9.97 Å². The summed E-state index contributed by atoms with van der Waals surface area (Å²) in [5, 5.41) is 5.89. The first kappa shape index (κ1) is 12.1. The van der Waals surface area contributed by atoms with Crippen LogP contribution in [-0.4, -0.2) is 17.0 Å². The van der Waals surface area contributed by atoms with Gasteiger partial charge in [0.1, 0.15) is 17.5 Å². The zero-order valence-corrected chi connectivity index (χ0v) is 10.2. The van der Waals surface area contributed by atoms with Crippen LogP contribution >= 0.6 is 0 Å². The first-order chi connectivity index (χ1) is 8.60. The second kappa shape index (κ2) is 4.87. The highest BCUT2D eigenvalue weighted by molar-refractivity contribution is 5.63. The molecule has 0 fully saturated rings. The number of nitrogens with one attached hydrogen (secondary N) is 2. The summed E-state index contributed by atoms with van der Waals surface area (Å²) < 4.78 is 13.4. The largest absolute Gasteiger partial charge is 0.373 e. The molecule has 0 spiro atoms. The molecule has 1 aromatic heterocycles. The minimum absolute atomic E-state index is 0.151. The van der Waals surface area contributed by atoms with E-state index in [0.29, 0.717) is 22.9 Å². The third-order valence-electron chi connectivity index (χ3n) is 2.53. The lowest BCUT2D eigenvalue weighted by Crippen LogP contribution is -2.04. The summed E-state index contributed by atoms with van der Waals surface area (Å²) in [6.07, 6.45) is 0. The van der Waals surface area contributed by atoms with Gasteiger partial charge in [-0.25, -0.2) is 4.39 Å². The molecule has 0 amide bonds. The number of benzene rings is 1. The van der Waals surface area contributed by atoms with Gasteiger partial charge in [-0.3, -0.25) is 0 Å². The van der Waals surface area contributed by atoms with Crippen molar-refractivity contribution >= 4 is 23.3 Å². The van der Waals surface area contributed by atoms with Crippen LogP contribution in [0.2, 0.25) is 0 Å². The quantitative estimate of drug-likeness (QED) is 0.775. The Labute approximate surface area is 104 Å². The maximum atomic E-state index is 13.4. The van der Waals surface area contributed by atoms with Gasteiger partial charge in [0.25, 0.3) is 0 Å². The molecule has 0 aliphatic rings. The lowest BCUT2D eigenvalue weighted by atomic mass is 10.2. The molecular formula is C12H14FN5. The van der Waals surface area contributed by atoms with Gasteiger partial charge in [0.2, 0.25) is 5.95 Å². The molecule has 4 N–H and O–H groups in total. The molecule has 18 heavy (non-hydrogen) atoms. The Kier molecular flexibility index (Phi) is 3.27. The number of nitrogens with zero attached hydrogens (tertiary/aromatic N) is 2. The van der Waals surface area contributed by atoms with Crippen molar-refractivity contribution in [2.24, 2.45) is 0 Å². The number of rotatable bonds is 3. The Morgan fingerprint density at radius 1 is 1.22 bits per heavy atom. The first-order valence-electron chi connectivity index (χ1n) is 5.44. The molecule has 0 aliphatic heterocycles. The van der Waals surface area contributed by atoms with Crippen molar-refractivity contribution in [2.45, 2.75) is 6.92 Å². The Bertz CT molecular complexity index is 570. The topological polar surface area (TPSA) is 75.9 Å². The highest BCUT2D eigenvalue weighted by atomic mass is 19.1. The van der Waals surface area contributed by atoms with Crippen molar-refractivity contribution in [1.82, 2.24) is 9.97 Å². The minimum Gasteiger partial charge on any atom is -0.373 e. The molecule has 0 saturated heterocycles. The molecule has 1 aromatic carbocycles. The second-order valence-corrected chi connectivity index (χ2v) is 3.78. The van der Waals surface area contributed by atoms with Gasteiger partial charge in [0.15, 0.2) is 0 Å². The van der Waals surface area contributed by atoms with Crippen LogP contribution in [0.15, 0.2) is 24.3 Å². The van der Waals surface area contributed by atoms with E-state index in [9.17, 15) is 4.39 Å². The second-order valence-electron chi connectivity index (χ2n) is 3.78. The van der Waals surface area contributed by atoms with E-state index >= 15 is 0 Å². The zero-order chi connectivity index (χ0) is 13.1. The van der Waals surface area contributed by atoms with E-state index in [2.05, 4.69) is 20.6 Å². The average molecular weight is 247 g/mol. The summed E-state index contributed by atoms with van der Waals surface area (Å²) in [4.78, 5) is 8.02. The first-order valence-corrected chi connectivity index (χ1v) is 5.44. The van der Waals surface area contributed by atoms with Crippen LogP contribution in [0.25, 0.3) is 0 Å². The maximum Gasteiger partial charge on any atom is 0.223 e. The van der Waals surface area contributed by atoms with Crippen LogP contribution in [0.1, 0.15) is 5.56 Å². The summed E-state index contributed by atoms with van der Waals surface area (Å²) in [6.45, 7) is 1.70. The SMILES string of the molecule is CNc1cc(Nc2cccc(F)c2C)nc(N)n1. The molecule has 5 nitrogen and oxygen atoms in total. The van der Waals surface area contributed by atoms with Gasteiger partial charge in [0.05, 0.1) is 0 Å². The molecular weight excluding hydrogens is 233 g/mol. The molecule has 0 unspecified atom stereocenters. The number of aromatic nitrogens is 2. The highest BCUT2D eigenvalue weighted by Gasteiger charge is 2.06. The van der Waals surface area contributed by atoms with Gasteiger partial charge in [0, 0.05) is 24.4 Å². The summed E-state index contributed by atoms with van der Waals surface area (Å²) in [7, 11) is 1.74. The molecule has 2 rings (SSSR count). The van der Waals surface area contributed by atoms with Crippen molar-refractivity contribution in [3.8, 4) is 0 Å². The smallest absolute Gasteiger partial charge is 0.223 e. The number of nitrogen functional groups attached to an aromatic ring is 1. The lowest BCUT2D eigenvalue weighted by Gasteiger charge is -2.10. The van der Waals surface area contributed by atoms with Crippen molar-refractivity contribution in [2.75, 3.05) is 23.4 Å². The van der Waals surface area contributed by atoms with Crippen LogP contribution in [0.3, 0.4) is 0 Å². The van der Waals surface area contributed by atoms with Crippen molar-refractivity contribution < 1.29 is 4.39 Å². The van der Waals surface area contributed by atoms with Crippen molar-refractivity contribution in [3.05, 3.63) is 35.6 Å². The average Bonchev–Trinajstić information content (AvgIpc) is 2.34.